The van der Waals surface area contributed by atoms with Crippen molar-refractivity contribution in [3.63, 3.8) is 0 Å². The maximum Gasteiger partial charge on any atom is 0.301 e. The molecular formula is C26H19ClN4O5S2. The number of ether oxygens (including phenoxy) is 1. The summed E-state index contributed by atoms with van der Waals surface area (Å²) in [6.45, 7) is 0. The molecule has 3 heterocycles. The molecule has 0 aliphatic carbocycles. The Kier molecular flexibility index (Phi) is 7.32. The van der Waals surface area contributed by atoms with E-state index in [0.29, 0.717) is 26.2 Å². The third-order valence-electron chi connectivity index (χ3n) is 5.83. The summed E-state index contributed by atoms with van der Waals surface area (Å²) >= 11 is 8.79. The van der Waals surface area contributed by atoms with Crippen molar-refractivity contribution in [1.82, 2.24) is 15.2 Å². The number of ketones is 1. The molecule has 1 amide bonds. The number of nitrogens with zero attached hydrogens (tertiary/aromatic N) is 4. The molecular weight excluding hydrogens is 548 g/mol. The van der Waals surface area contributed by atoms with Crippen molar-refractivity contribution in [3.05, 3.63) is 94.3 Å². The number of Topliss-reactive ketones (excluding diaryl/α,β-unsaturated/α-hetero) is 1. The Morgan fingerprint density at radius 2 is 1.89 bits per heavy atom. The van der Waals surface area contributed by atoms with E-state index in [1.54, 1.807) is 12.1 Å². The Labute approximate surface area is 230 Å². The number of thioether (sulfide) groups is 1. The second kappa shape index (κ2) is 10.8. The number of amides is 1. The lowest BCUT2D eigenvalue weighted by molar-refractivity contribution is -0.132. The van der Waals surface area contributed by atoms with Gasteiger partial charge in [-0.3, -0.25) is 19.5 Å². The summed E-state index contributed by atoms with van der Waals surface area (Å²) in [6.07, 6.45) is 2.94. The SMILES string of the molecule is COc1cc(C2C(=C(O)c3ccncc3)C(=O)C(=O)N2c2nnc(SCc3ccccc3Cl)s2)ccc1O. The first kappa shape index (κ1) is 25.7. The average Bonchev–Trinajstić information content (AvgIpc) is 3.50. The van der Waals surface area contributed by atoms with Crippen molar-refractivity contribution in [2.75, 3.05) is 12.0 Å². The van der Waals surface area contributed by atoms with Gasteiger partial charge in [0.05, 0.1) is 18.7 Å². The minimum atomic E-state index is -1.05. The van der Waals surface area contributed by atoms with Gasteiger partial charge in [0.2, 0.25) is 5.13 Å². The number of carbonyl (C=O) groups excluding carboxylic acids is 2. The highest BCUT2D eigenvalue weighted by Crippen LogP contribution is 2.45. The van der Waals surface area contributed by atoms with Gasteiger partial charge in [0, 0.05) is 28.7 Å². The van der Waals surface area contributed by atoms with Crippen LogP contribution >= 0.6 is 34.7 Å². The molecule has 38 heavy (non-hydrogen) atoms. The minimum absolute atomic E-state index is 0.114. The second-order valence-corrected chi connectivity index (χ2v) is 10.7. The van der Waals surface area contributed by atoms with Gasteiger partial charge in [-0.15, -0.1) is 10.2 Å². The summed E-state index contributed by atoms with van der Waals surface area (Å²) in [4.78, 5) is 31.8. The number of carbonyl (C=O) groups is 2. The average molecular weight is 567 g/mol. The Bertz CT molecular complexity index is 1560. The number of aromatic hydroxyl groups is 1. The van der Waals surface area contributed by atoms with Crippen LogP contribution in [0.15, 0.2) is 76.9 Å². The molecule has 2 aromatic carbocycles. The fourth-order valence-electron chi connectivity index (χ4n) is 3.99. The molecule has 9 nitrogen and oxygen atoms in total. The number of methoxy groups -OCH3 is 1. The van der Waals surface area contributed by atoms with Gasteiger partial charge >= 0.3 is 5.91 Å². The number of rotatable bonds is 7. The number of benzene rings is 2. The number of pyridine rings is 1. The van der Waals surface area contributed by atoms with Crippen LogP contribution in [0.25, 0.3) is 5.76 Å². The van der Waals surface area contributed by atoms with E-state index in [1.807, 2.05) is 18.2 Å². The quantitative estimate of drug-likeness (QED) is 0.102. The van der Waals surface area contributed by atoms with Crippen LogP contribution in [0.2, 0.25) is 5.02 Å². The van der Waals surface area contributed by atoms with Crippen molar-refractivity contribution in [3.8, 4) is 11.5 Å². The van der Waals surface area contributed by atoms with E-state index < -0.39 is 17.7 Å². The van der Waals surface area contributed by atoms with Crippen molar-refractivity contribution in [2.45, 2.75) is 16.1 Å². The fourth-order valence-corrected chi connectivity index (χ4v) is 6.14. The number of halogens is 1. The zero-order valence-corrected chi connectivity index (χ0v) is 22.1. The smallest absolute Gasteiger partial charge is 0.301 e. The van der Waals surface area contributed by atoms with Crippen molar-refractivity contribution in [2.24, 2.45) is 0 Å². The van der Waals surface area contributed by atoms with Gasteiger partial charge in [0.25, 0.3) is 5.78 Å². The molecule has 0 spiro atoms. The summed E-state index contributed by atoms with van der Waals surface area (Å²) in [7, 11) is 1.39. The fraction of sp³-hybridized carbons (Fsp3) is 0.115. The Hall–Kier alpha value is -3.93. The highest BCUT2D eigenvalue weighted by atomic mass is 35.5. The molecule has 2 aromatic heterocycles. The normalized spacial score (nSPS) is 16.7. The molecule has 2 N–H and O–H groups in total. The van der Waals surface area contributed by atoms with E-state index in [1.165, 1.54) is 60.4 Å². The van der Waals surface area contributed by atoms with Crippen LogP contribution < -0.4 is 9.64 Å². The lowest BCUT2D eigenvalue weighted by atomic mass is 9.95. The third-order valence-corrected chi connectivity index (χ3v) is 8.30. The molecule has 1 aliphatic rings. The van der Waals surface area contributed by atoms with E-state index in [9.17, 15) is 19.8 Å². The predicted octanol–water partition coefficient (Wildman–Crippen LogP) is 5.22. The summed E-state index contributed by atoms with van der Waals surface area (Å²) in [5.74, 6) is -1.54. The monoisotopic (exact) mass is 566 g/mol. The molecule has 1 fully saturated rings. The molecule has 5 rings (SSSR count). The molecule has 0 bridgehead atoms. The number of phenolic OH excluding ortho intramolecular Hbond substituents is 1. The maximum absolute atomic E-state index is 13.3. The summed E-state index contributed by atoms with van der Waals surface area (Å²) in [6, 6.07) is 13.9. The first-order chi connectivity index (χ1) is 18.4. The van der Waals surface area contributed by atoms with Crippen LogP contribution in [0.4, 0.5) is 5.13 Å². The number of aliphatic hydroxyl groups is 1. The summed E-state index contributed by atoms with van der Waals surface area (Å²) in [5.41, 5.74) is 1.54. The molecule has 0 saturated carbocycles. The molecule has 192 valence electrons. The van der Waals surface area contributed by atoms with Crippen LogP contribution in [-0.2, 0) is 15.3 Å². The van der Waals surface area contributed by atoms with E-state index in [0.717, 1.165) is 16.9 Å². The molecule has 1 aliphatic heterocycles. The molecule has 12 heteroatoms. The van der Waals surface area contributed by atoms with Crippen LogP contribution in [-0.4, -0.2) is 44.2 Å². The summed E-state index contributed by atoms with van der Waals surface area (Å²) in [5, 5.41) is 30.5. The Morgan fingerprint density at radius 3 is 2.63 bits per heavy atom. The third kappa shape index (κ3) is 4.83. The van der Waals surface area contributed by atoms with E-state index in [4.69, 9.17) is 16.3 Å². The van der Waals surface area contributed by atoms with Crippen molar-refractivity contribution in [1.29, 1.82) is 0 Å². The first-order valence-electron chi connectivity index (χ1n) is 11.2. The Morgan fingerprint density at radius 1 is 1.13 bits per heavy atom. The zero-order chi connectivity index (χ0) is 26.8. The lowest BCUT2D eigenvalue weighted by Crippen LogP contribution is -2.29. The highest BCUT2D eigenvalue weighted by molar-refractivity contribution is 8.00. The minimum Gasteiger partial charge on any atom is -0.507 e. The lowest BCUT2D eigenvalue weighted by Gasteiger charge is -2.23. The standard InChI is InChI=1S/C26H19ClN4O5S2/c1-36-19-12-15(6-7-18(19)32)21-20(22(33)14-8-10-28-11-9-14)23(34)24(35)31(21)25-29-30-26(38-25)37-13-16-4-2-3-5-17(16)27/h2-12,21,32-33H,13H2,1H3. The predicted molar refractivity (Wildman–Crippen MR) is 145 cm³/mol. The zero-order valence-electron chi connectivity index (χ0n) is 19.7. The molecule has 1 unspecified atom stereocenters. The highest BCUT2D eigenvalue weighted by Gasteiger charge is 2.48. The number of aromatic nitrogens is 3. The van der Waals surface area contributed by atoms with Crippen LogP contribution in [0.5, 0.6) is 11.5 Å². The van der Waals surface area contributed by atoms with Gasteiger partial charge in [0.15, 0.2) is 15.8 Å². The summed E-state index contributed by atoms with van der Waals surface area (Å²) < 4.78 is 5.81. The first-order valence-corrected chi connectivity index (χ1v) is 13.3. The number of aliphatic hydroxyl groups excluding tert-OH is 1. The van der Waals surface area contributed by atoms with Gasteiger partial charge in [-0.1, -0.05) is 59.0 Å². The van der Waals surface area contributed by atoms with Crippen molar-refractivity contribution < 1.29 is 24.5 Å². The number of anilines is 1. The number of hydrogen-bond donors (Lipinski definition) is 2. The number of hydrogen-bond acceptors (Lipinski definition) is 10. The van der Waals surface area contributed by atoms with Crippen LogP contribution in [0, 0.1) is 0 Å². The van der Waals surface area contributed by atoms with Crippen LogP contribution in [0.3, 0.4) is 0 Å². The largest absolute Gasteiger partial charge is 0.507 e. The van der Waals surface area contributed by atoms with E-state index in [2.05, 4.69) is 15.2 Å². The van der Waals surface area contributed by atoms with E-state index >= 15 is 0 Å². The second-order valence-electron chi connectivity index (χ2n) is 8.07. The number of phenols is 1. The van der Waals surface area contributed by atoms with Gasteiger partial charge in [-0.05, 0) is 41.5 Å². The molecule has 1 atom stereocenters. The van der Waals surface area contributed by atoms with Gasteiger partial charge < -0.3 is 14.9 Å². The molecule has 0 radical (unpaired) electrons. The molecule has 4 aromatic rings. The van der Waals surface area contributed by atoms with Crippen LogP contribution in [0.1, 0.15) is 22.7 Å². The van der Waals surface area contributed by atoms with Gasteiger partial charge in [-0.2, -0.15) is 0 Å². The van der Waals surface area contributed by atoms with Gasteiger partial charge in [-0.25, -0.2) is 0 Å². The van der Waals surface area contributed by atoms with E-state index in [-0.39, 0.29) is 28.0 Å². The Balaban J connectivity index is 1.57. The molecule has 1 saturated heterocycles. The van der Waals surface area contributed by atoms with Gasteiger partial charge in [0.1, 0.15) is 5.76 Å². The topological polar surface area (TPSA) is 126 Å². The maximum atomic E-state index is 13.3. The van der Waals surface area contributed by atoms with Crippen molar-refractivity contribution >= 4 is 57.3 Å².